The van der Waals surface area contributed by atoms with Crippen molar-refractivity contribution >= 4 is 17.9 Å². The monoisotopic (exact) mass is 923 g/mol. The van der Waals surface area contributed by atoms with E-state index in [-0.39, 0.29) is 31.1 Å². The van der Waals surface area contributed by atoms with Gasteiger partial charge in [0.1, 0.15) is 13.2 Å². The lowest BCUT2D eigenvalue weighted by atomic mass is 10.1. The minimum atomic E-state index is -0.787. The molecule has 0 bridgehead atoms. The number of hydrogen-bond donors (Lipinski definition) is 0. The van der Waals surface area contributed by atoms with Crippen LogP contribution in [0.15, 0.2) is 60.8 Å². The fourth-order valence-corrected chi connectivity index (χ4v) is 7.91. The second-order valence-corrected chi connectivity index (χ2v) is 18.8. The van der Waals surface area contributed by atoms with E-state index < -0.39 is 6.10 Å². The predicted octanol–water partition coefficient (Wildman–Crippen LogP) is 18.8. The first-order valence-electron chi connectivity index (χ1n) is 28.3. The molecule has 0 aliphatic carbocycles. The molecule has 0 aromatic rings. The second kappa shape index (κ2) is 54.7. The minimum Gasteiger partial charge on any atom is -0.462 e. The van der Waals surface area contributed by atoms with Crippen LogP contribution in [-0.4, -0.2) is 37.2 Å². The summed E-state index contributed by atoms with van der Waals surface area (Å²) in [7, 11) is 0. The number of esters is 3. The van der Waals surface area contributed by atoms with E-state index in [1.165, 1.54) is 148 Å². The van der Waals surface area contributed by atoms with E-state index in [0.717, 1.165) is 96.3 Å². The Morgan fingerprint density at radius 3 is 0.894 bits per heavy atom. The Balaban J connectivity index is 4.41. The number of allylic oxidation sites excluding steroid dienone is 10. The molecule has 0 aliphatic rings. The van der Waals surface area contributed by atoms with Gasteiger partial charge < -0.3 is 14.2 Å². The fraction of sp³-hybridized carbons (Fsp3) is 0.783. The molecular formula is C60H106O6. The maximum Gasteiger partial charge on any atom is 0.306 e. The van der Waals surface area contributed by atoms with Crippen molar-refractivity contribution in [1.82, 2.24) is 0 Å². The van der Waals surface area contributed by atoms with Crippen molar-refractivity contribution in [3.05, 3.63) is 60.8 Å². The third-order valence-electron chi connectivity index (χ3n) is 12.2. The van der Waals surface area contributed by atoms with Crippen LogP contribution in [-0.2, 0) is 28.6 Å². The van der Waals surface area contributed by atoms with E-state index in [9.17, 15) is 14.4 Å². The molecule has 0 saturated carbocycles. The van der Waals surface area contributed by atoms with Gasteiger partial charge in [-0.05, 0) is 109 Å². The highest BCUT2D eigenvalue weighted by Crippen LogP contribution is 2.14. The van der Waals surface area contributed by atoms with Crippen molar-refractivity contribution in [2.75, 3.05) is 13.2 Å². The Bertz CT molecular complexity index is 1200. The Morgan fingerprint density at radius 2 is 0.545 bits per heavy atom. The van der Waals surface area contributed by atoms with Crippen LogP contribution in [0.25, 0.3) is 0 Å². The van der Waals surface area contributed by atoms with Gasteiger partial charge in [0.25, 0.3) is 0 Å². The molecule has 0 fully saturated rings. The Labute approximate surface area is 409 Å². The van der Waals surface area contributed by atoms with Crippen molar-refractivity contribution < 1.29 is 28.6 Å². The normalized spacial score (nSPS) is 12.5. The van der Waals surface area contributed by atoms with Crippen molar-refractivity contribution in [3.8, 4) is 0 Å². The summed E-state index contributed by atoms with van der Waals surface area (Å²) < 4.78 is 16.8. The van der Waals surface area contributed by atoms with Crippen molar-refractivity contribution in [2.24, 2.45) is 0 Å². The van der Waals surface area contributed by atoms with Gasteiger partial charge in [-0.3, -0.25) is 14.4 Å². The number of unbranched alkanes of at least 4 members (excludes halogenated alkanes) is 30. The molecular weight excluding hydrogens is 817 g/mol. The molecule has 0 aliphatic heterocycles. The Hall–Kier alpha value is -2.89. The summed E-state index contributed by atoms with van der Waals surface area (Å²) in [4.78, 5) is 38.1. The largest absolute Gasteiger partial charge is 0.462 e. The topological polar surface area (TPSA) is 78.9 Å². The van der Waals surface area contributed by atoms with Crippen molar-refractivity contribution in [3.63, 3.8) is 0 Å². The molecule has 0 N–H and O–H groups in total. The molecule has 6 heteroatoms. The summed E-state index contributed by atoms with van der Waals surface area (Å²) in [6.07, 6.45) is 67.7. The molecule has 0 amide bonds. The van der Waals surface area contributed by atoms with Crippen molar-refractivity contribution in [2.45, 2.75) is 290 Å². The fourth-order valence-electron chi connectivity index (χ4n) is 7.91. The number of hydrogen-bond acceptors (Lipinski definition) is 6. The lowest BCUT2D eigenvalue weighted by Crippen LogP contribution is -2.30. The molecule has 382 valence electrons. The number of rotatable bonds is 51. The quantitative estimate of drug-likeness (QED) is 0.0262. The molecule has 0 saturated heterocycles. The summed E-state index contributed by atoms with van der Waals surface area (Å²) in [6.45, 7) is 6.59. The standard InChI is InChI=1S/C60H106O6/c1-4-7-10-13-16-19-22-25-28-29-30-31-33-35-38-41-44-47-50-53-59(62)65-56-57(55-64-58(61)52-49-46-43-40-37-34-27-24-21-18-15-12-9-6-3)66-60(63)54-51-48-45-42-39-36-32-26-23-20-17-14-11-8-5-2/h16,19,24-28,30-32,57H,4-15,17-18,20-23,29,33-56H2,1-3H3/b19-16-,27-24-,28-25-,31-30-,32-26-/t57-/m1/s1. The average molecular weight is 924 g/mol. The number of ether oxygens (including phenoxy) is 3. The van der Waals surface area contributed by atoms with Gasteiger partial charge in [-0.1, -0.05) is 216 Å². The number of carbonyl (C=O) groups excluding carboxylic acids is 3. The lowest BCUT2D eigenvalue weighted by Gasteiger charge is -2.18. The van der Waals surface area contributed by atoms with Gasteiger partial charge in [0, 0.05) is 19.3 Å². The Kier molecular flexibility index (Phi) is 52.3. The first kappa shape index (κ1) is 63.1. The highest BCUT2D eigenvalue weighted by molar-refractivity contribution is 5.71. The van der Waals surface area contributed by atoms with Gasteiger partial charge in [0.15, 0.2) is 6.10 Å². The molecule has 0 heterocycles. The summed E-state index contributed by atoms with van der Waals surface area (Å²) in [5.74, 6) is -0.906. The summed E-state index contributed by atoms with van der Waals surface area (Å²) in [5, 5.41) is 0. The zero-order valence-electron chi connectivity index (χ0n) is 43.7. The third-order valence-corrected chi connectivity index (χ3v) is 12.2. The van der Waals surface area contributed by atoms with E-state index in [4.69, 9.17) is 14.2 Å². The SMILES string of the molecule is CCCCC/C=C\C/C=C\C/C=C\CCCCCCCCC(=O)OC[C@@H](COC(=O)CCCCCCC/C=C\CCCCCCC)OC(=O)CCCCCCC/C=C\CCCCCCCC. The van der Waals surface area contributed by atoms with Crippen LogP contribution in [0.2, 0.25) is 0 Å². The molecule has 0 aromatic carbocycles. The highest BCUT2D eigenvalue weighted by atomic mass is 16.6. The van der Waals surface area contributed by atoms with Gasteiger partial charge in [-0.15, -0.1) is 0 Å². The summed E-state index contributed by atoms with van der Waals surface area (Å²) >= 11 is 0. The molecule has 0 aromatic heterocycles. The second-order valence-electron chi connectivity index (χ2n) is 18.8. The van der Waals surface area contributed by atoms with E-state index in [1.807, 2.05) is 0 Å². The van der Waals surface area contributed by atoms with E-state index in [1.54, 1.807) is 0 Å². The molecule has 1 atom stereocenters. The molecule has 66 heavy (non-hydrogen) atoms. The van der Waals surface area contributed by atoms with Crippen LogP contribution < -0.4 is 0 Å². The van der Waals surface area contributed by atoms with Crippen molar-refractivity contribution in [1.29, 1.82) is 0 Å². The van der Waals surface area contributed by atoms with E-state index >= 15 is 0 Å². The van der Waals surface area contributed by atoms with Gasteiger partial charge in [0.05, 0.1) is 0 Å². The Morgan fingerprint density at radius 1 is 0.303 bits per heavy atom. The van der Waals surface area contributed by atoms with Gasteiger partial charge in [-0.2, -0.15) is 0 Å². The molecule has 6 nitrogen and oxygen atoms in total. The maximum atomic E-state index is 12.8. The van der Waals surface area contributed by atoms with Crippen LogP contribution in [0.5, 0.6) is 0 Å². The summed E-state index contributed by atoms with van der Waals surface area (Å²) in [6, 6.07) is 0. The van der Waals surface area contributed by atoms with Crippen LogP contribution in [0, 0.1) is 0 Å². The zero-order valence-corrected chi connectivity index (χ0v) is 43.7. The molecule has 0 rings (SSSR count). The maximum absolute atomic E-state index is 12.8. The summed E-state index contributed by atoms with van der Waals surface area (Å²) in [5.41, 5.74) is 0. The lowest BCUT2D eigenvalue weighted by molar-refractivity contribution is -0.167. The average Bonchev–Trinajstić information content (AvgIpc) is 3.31. The number of carbonyl (C=O) groups is 3. The van der Waals surface area contributed by atoms with Gasteiger partial charge >= 0.3 is 17.9 Å². The van der Waals surface area contributed by atoms with Gasteiger partial charge in [0.2, 0.25) is 0 Å². The van der Waals surface area contributed by atoms with Gasteiger partial charge in [-0.25, -0.2) is 0 Å². The third kappa shape index (κ3) is 52.1. The first-order valence-corrected chi connectivity index (χ1v) is 28.3. The smallest absolute Gasteiger partial charge is 0.306 e. The highest BCUT2D eigenvalue weighted by Gasteiger charge is 2.19. The van der Waals surface area contributed by atoms with Crippen LogP contribution in [0.4, 0.5) is 0 Å². The van der Waals surface area contributed by atoms with Crippen LogP contribution in [0.3, 0.4) is 0 Å². The van der Waals surface area contributed by atoms with E-state index in [2.05, 4.69) is 81.5 Å². The van der Waals surface area contributed by atoms with Crippen LogP contribution >= 0.6 is 0 Å². The zero-order chi connectivity index (χ0) is 47.9. The molecule has 0 unspecified atom stereocenters. The van der Waals surface area contributed by atoms with E-state index in [0.29, 0.717) is 19.3 Å². The molecule has 0 spiro atoms. The minimum absolute atomic E-state index is 0.0854. The van der Waals surface area contributed by atoms with Crippen LogP contribution in [0.1, 0.15) is 284 Å². The predicted molar refractivity (Wildman–Crippen MR) is 284 cm³/mol. The first-order chi connectivity index (χ1) is 32.5. The molecule has 0 radical (unpaired) electrons.